The Hall–Kier alpha value is -1.77. The summed E-state index contributed by atoms with van der Waals surface area (Å²) < 4.78 is 6.96. The van der Waals surface area contributed by atoms with Crippen molar-refractivity contribution in [3.05, 3.63) is 70.2 Å². The Morgan fingerprint density at radius 3 is 2.48 bits per heavy atom. The second-order valence-electron chi connectivity index (χ2n) is 4.94. The van der Waals surface area contributed by atoms with E-state index in [4.69, 9.17) is 16.0 Å². The largest absolute Gasteiger partial charge is 0.456 e. The predicted octanol–water partition coefficient (Wildman–Crippen LogP) is 6.67. The van der Waals surface area contributed by atoms with E-state index in [-0.39, 0.29) is 0 Å². The SMILES string of the molecule is Clc1ccc2c(c1)oc1cc(Br)cc(-c3ccccc3)c12. The zero-order valence-corrected chi connectivity index (χ0v) is 13.3. The molecular weight excluding hydrogens is 348 g/mol. The van der Waals surface area contributed by atoms with E-state index in [0.29, 0.717) is 5.02 Å². The third-order valence-electron chi connectivity index (χ3n) is 3.58. The number of furan rings is 1. The molecule has 0 atom stereocenters. The highest BCUT2D eigenvalue weighted by Crippen LogP contribution is 2.39. The lowest BCUT2D eigenvalue weighted by Gasteiger charge is -2.04. The minimum atomic E-state index is 0.682. The Kier molecular flexibility index (Phi) is 3.02. The van der Waals surface area contributed by atoms with Crippen LogP contribution in [0.4, 0.5) is 0 Å². The number of hydrogen-bond donors (Lipinski definition) is 0. The highest BCUT2D eigenvalue weighted by molar-refractivity contribution is 9.10. The maximum atomic E-state index is 6.07. The lowest BCUT2D eigenvalue weighted by Crippen LogP contribution is -1.80. The first-order valence-corrected chi connectivity index (χ1v) is 7.76. The van der Waals surface area contributed by atoms with Crippen LogP contribution in [0.3, 0.4) is 0 Å². The number of halogens is 2. The Morgan fingerprint density at radius 1 is 0.857 bits per heavy atom. The van der Waals surface area contributed by atoms with Gasteiger partial charge >= 0.3 is 0 Å². The van der Waals surface area contributed by atoms with E-state index in [9.17, 15) is 0 Å². The molecule has 0 fully saturated rings. The van der Waals surface area contributed by atoms with Crippen molar-refractivity contribution in [1.29, 1.82) is 0 Å². The van der Waals surface area contributed by atoms with Crippen LogP contribution in [-0.4, -0.2) is 0 Å². The van der Waals surface area contributed by atoms with E-state index in [2.05, 4.69) is 34.1 Å². The molecule has 1 nitrogen and oxygen atoms in total. The van der Waals surface area contributed by atoms with Crippen molar-refractivity contribution < 1.29 is 4.42 Å². The first kappa shape index (κ1) is 12.9. The van der Waals surface area contributed by atoms with Crippen LogP contribution >= 0.6 is 27.5 Å². The van der Waals surface area contributed by atoms with Gasteiger partial charge in [-0.05, 0) is 35.4 Å². The molecule has 0 radical (unpaired) electrons. The summed E-state index contributed by atoms with van der Waals surface area (Å²) in [5.74, 6) is 0. The van der Waals surface area contributed by atoms with Crippen LogP contribution in [-0.2, 0) is 0 Å². The van der Waals surface area contributed by atoms with Gasteiger partial charge in [0.15, 0.2) is 0 Å². The molecule has 3 aromatic carbocycles. The zero-order valence-electron chi connectivity index (χ0n) is 10.9. The molecule has 21 heavy (non-hydrogen) atoms. The van der Waals surface area contributed by atoms with Gasteiger partial charge in [0.25, 0.3) is 0 Å². The van der Waals surface area contributed by atoms with Crippen molar-refractivity contribution in [3.63, 3.8) is 0 Å². The standard InChI is InChI=1S/C18H10BrClO/c19-12-8-15(11-4-2-1-3-5-11)18-14-7-6-13(20)10-16(14)21-17(18)9-12/h1-10H. The maximum Gasteiger partial charge on any atom is 0.137 e. The summed E-state index contributed by atoms with van der Waals surface area (Å²) in [6.45, 7) is 0. The Labute approximate surface area is 135 Å². The molecule has 4 rings (SSSR count). The summed E-state index contributed by atoms with van der Waals surface area (Å²) in [6, 6.07) is 20.2. The number of benzene rings is 3. The van der Waals surface area contributed by atoms with E-state index in [0.717, 1.165) is 32.0 Å². The molecule has 0 aliphatic rings. The van der Waals surface area contributed by atoms with Gasteiger partial charge in [-0.15, -0.1) is 0 Å². The zero-order chi connectivity index (χ0) is 14.4. The van der Waals surface area contributed by atoms with Crippen molar-refractivity contribution in [2.24, 2.45) is 0 Å². The molecule has 0 saturated heterocycles. The summed E-state index contributed by atoms with van der Waals surface area (Å²) in [5.41, 5.74) is 4.00. The molecule has 1 aromatic heterocycles. The minimum absolute atomic E-state index is 0.682. The van der Waals surface area contributed by atoms with E-state index in [1.807, 2.05) is 42.5 Å². The molecule has 0 aliphatic carbocycles. The highest BCUT2D eigenvalue weighted by atomic mass is 79.9. The number of fused-ring (bicyclic) bond motifs is 3. The highest BCUT2D eigenvalue weighted by Gasteiger charge is 2.13. The van der Waals surface area contributed by atoms with E-state index >= 15 is 0 Å². The normalized spacial score (nSPS) is 11.3. The molecule has 1 heterocycles. The molecule has 102 valence electrons. The van der Waals surface area contributed by atoms with Gasteiger partial charge in [-0.25, -0.2) is 0 Å². The van der Waals surface area contributed by atoms with Gasteiger partial charge in [-0.1, -0.05) is 57.9 Å². The van der Waals surface area contributed by atoms with Crippen molar-refractivity contribution in [2.45, 2.75) is 0 Å². The van der Waals surface area contributed by atoms with Crippen molar-refractivity contribution >= 4 is 49.5 Å². The Bertz CT molecular complexity index is 957. The second-order valence-corrected chi connectivity index (χ2v) is 6.29. The fraction of sp³-hybridized carbons (Fsp3) is 0. The van der Waals surface area contributed by atoms with Crippen LogP contribution in [0.25, 0.3) is 33.1 Å². The van der Waals surface area contributed by atoms with Crippen molar-refractivity contribution in [1.82, 2.24) is 0 Å². The smallest absolute Gasteiger partial charge is 0.137 e. The van der Waals surface area contributed by atoms with Crippen LogP contribution in [0.1, 0.15) is 0 Å². The average molecular weight is 358 g/mol. The molecule has 0 N–H and O–H groups in total. The summed E-state index contributed by atoms with van der Waals surface area (Å²) in [4.78, 5) is 0. The fourth-order valence-corrected chi connectivity index (χ4v) is 3.29. The van der Waals surface area contributed by atoms with Gasteiger partial charge in [-0.3, -0.25) is 0 Å². The second kappa shape index (κ2) is 4.90. The first-order valence-electron chi connectivity index (χ1n) is 6.59. The van der Waals surface area contributed by atoms with Crippen molar-refractivity contribution in [3.8, 4) is 11.1 Å². The summed E-state index contributed by atoms with van der Waals surface area (Å²) in [5, 5.41) is 2.89. The molecule has 0 unspecified atom stereocenters. The lowest BCUT2D eigenvalue weighted by molar-refractivity contribution is 0.669. The van der Waals surface area contributed by atoms with Crippen LogP contribution in [0.5, 0.6) is 0 Å². The average Bonchev–Trinajstić information content (AvgIpc) is 2.84. The Balaban J connectivity index is 2.17. The molecule has 3 heteroatoms. The molecule has 4 aromatic rings. The lowest BCUT2D eigenvalue weighted by atomic mass is 10.00. The fourth-order valence-electron chi connectivity index (χ4n) is 2.69. The first-order chi connectivity index (χ1) is 10.2. The Morgan fingerprint density at radius 2 is 1.67 bits per heavy atom. The quantitative estimate of drug-likeness (QED) is 0.371. The molecule has 0 spiro atoms. The van der Waals surface area contributed by atoms with E-state index < -0.39 is 0 Å². The maximum absolute atomic E-state index is 6.07. The van der Waals surface area contributed by atoms with Crippen LogP contribution in [0.2, 0.25) is 5.02 Å². The summed E-state index contributed by atoms with van der Waals surface area (Å²) in [7, 11) is 0. The minimum Gasteiger partial charge on any atom is -0.456 e. The number of rotatable bonds is 1. The van der Waals surface area contributed by atoms with Gasteiger partial charge in [0.05, 0.1) is 0 Å². The monoisotopic (exact) mass is 356 g/mol. The van der Waals surface area contributed by atoms with E-state index in [1.54, 1.807) is 0 Å². The summed E-state index contributed by atoms with van der Waals surface area (Å²) in [6.07, 6.45) is 0. The topological polar surface area (TPSA) is 13.1 Å². The van der Waals surface area contributed by atoms with Gasteiger partial charge in [0.2, 0.25) is 0 Å². The van der Waals surface area contributed by atoms with Crippen LogP contribution < -0.4 is 0 Å². The van der Waals surface area contributed by atoms with Gasteiger partial charge in [0.1, 0.15) is 11.2 Å². The molecular formula is C18H10BrClO. The molecule has 0 saturated carbocycles. The molecule has 0 bridgehead atoms. The molecule has 0 aliphatic heterocycles. The predicted molar refractivity (Wildman–Crippen MR) is 91.9 cm³/mol. The van der Waals surface area contributed by atoms with Gasteiger partial charge in [-0.2, -0.15) is 0 Å². The number of hydrogen-bond acceptors (Lipinski definition) is 1. The van der Waals surface area contributed by atoms with Gasteiger partial charge < -0.3 is 4.42 Å². The third-order valence-corrected chi connectivity index (χ3v) is 4.28. The van der Waals surface area contributed by atoms with Crippen molar-refractivity contribution in [2.75, 3.05) is 0 Å². The summed E-state index contributed by atoms with van der Waals surface area (Å²) >= 11 is 9.63. The van der Waals surface area contributed by atoms with Crippen LogP contribution in [0.15, 0.2) is 69.6 Å². The third kappa shape index (κ3) is 2.15. The van der Waals surface area contributed by atoms with E-state index in [1.165, 1.54) is 5.56 Å². The van der Waals surface area contributed by atoms with Crippen LogP contribution in [0, 0.1) is 0 Å². The van der Waals surface area contributed by atoms with Gasteiger partial charge in [0, 0.05) is 26.3 Å². The molecule has 0 amide bonds.